The van der Waals surface area contributed by atoms with Gasteiger partial charge in [0.05, 0.1) is 0 Å². The van der Waals surface area contributed by atoms with Crippen LogP contribution in [0, 0.1) is 5.92 Å². The zero-order valence-electron chi connectivity index (χ0n) is 11.1. The van der Waals surface area contributed by atoms with E-state index < -0.39 is 0 Å². The average Bonchev–Trinajstić information content (AvgIpc) is 2.78. The molecule has 0 unspecified atom stereocenters. The molecule has 96 valence electrons. The van der Waals surface area contributed by atoms with Gasteiger partial charge in [0.15, 0.2) is 0 Å². The van der Waals surface area contributed by atoms with Gasteiger partial charge in [-0.05, 0) is 18.0 Å². The van der Waals surface area contributed by atoms with E-state index in [0.717, 1.165) is 31.0 Å². The average molecular weight is 243 g/mol. The molecule has 2 N–H and O–H groups in total. The van der Waals surface area contributed by atoms with E-state index in [9.17, 15) is 0 Å². The Balaban J connectivity index is 1.86. The number of H-pyrrole nitrogens is 1. The second kappa shape index (κ2) is 6.36. The van der Waals surface area contributed by atoms with Gasteiger partial charge in [-0.1, -0.05) is 44.2 Å². The van der Waals surface area contributed by atoms with Crippen LogP contribution in [0.5, 0.6) is 0 Å². The Morgan fingerprint density at radius 1 is 1.22 bits per heavy atom. The molecule has 0 radical (unpaired) electrons. The van der Waals surface area contributed by atoms with Crippen LogP contribution in [-0.2, 0) is 13.0 Å². The van der Waals surface area contributed by atoms with E-state index in [1.54, 1.807) is 0 Å². The third kappa shape index (κ3) is 4.00. The minimum Gasteiger partial charge on any atom is -0.345 e. The number of aromatic nitrogens is 2. The van der Waals surface area contributed by atoms with Crippen molar-refractivity contribution < 1.29 is 0 Å². The molecule has 0 bridgehead atoms. The summed E-state index contributed by atoms with van der Waals surface area (Å²) < 4.78 is 0. The maximum absolute atomic E-state index is 4.41. The Bertz CT molecular complexity index is 460. The van der Waals surface area contributed by atoms with Crippen molar-refractivity contribution in [1.82, 2.24) is 15.3 Å². The van der Waals surface area contributed by atoms with Crippen LogP contribution in [0.3, 0.4) is 0 Å². The highest BCUT2D eigenvalue weighted by Gasteiger charge is 2.02. The van der Waals surface area contributed by atoms with Gasteiger partial charge in [-0.2, -0.15) is 0 Å². The zero-order chi connectivity index (χ0) is 12.8. The van der Waals surface area contributed by atoms with E-state index in [1.165, 1.54) is 5.56 Å². The molecule has 0 aliphatic rings. The molecule has 0 spiro atoms. The van der Waals surface area contributed by atoms with Gasteiger partial charge in [0, 0.05) is 24.9 Å². The van der Waals surface area contributed by atoms with Crippen molar-refractivity contribution in [3.63, 3.8) is 0 Å². The summed E-state index contributed by atoms with van der Waals surface area (Å²) >= 11 is 0. The third-order valence-corrected chi connectivity index (χ3v) is 2.76. The van der Waals surface area contributed by atoms with E-state index in [-0.39, 0.29) is 0 Å². The Labute approximate surface area is 109 Å². The summed E-state index contributed by atoms with van der Waals surface area (Å²) in [6, 6.07) is 10.4. The Kier molecular flexibility index (Phi) is 4.53. The molecule has 2 aromatic rings. The summed E-state index contributed by atoms with van der Waals surface area (Å²) in [7, 11) is 0. The van der Waals surface area contributed by atoms with Crippen LogP contribution in [0.15, 0.2) is 36.5 Å². The second-order valence-corrected chi connectivity index (χ2v) is 5.04. The molecule has 0 aliphatic heterocycles. The normalized spacial score (nSPS) is 11.1. The van der Waals surface area contributed by atoms with Gasteiger partial charge in [0.2, 0.25) is 0 Å². The van der Waals surface area contributed by atoms with Crippen LogP contribution < -0.4 is 5.32 Å². The van der Waals surface area contributed by atoms with Gasteiger partial charge in [0.25, 0.3) is 0 Å². The van der Waals surface area contributed by atoms with Crippen molar-refractivity contribution in [1.29, 1.82) is 0 Å². The van der Waals surface area contributed by atoms with E-state index in [1.807, 2.05) is 12.3 Å². The van der Waals surface area contributed by atoms with Crippen LogP contribution in [-0.4, -0.2) is 16.5 Å². The Morgan fingerprint density at radius 3 is 2.72 bits per heavy atom. The number of nitrogens with one attached hydrogen (secondary N) is 2. The highest BCUT2D eigenvalue weighted by molar-refractivity contribution is 5.19. The van der Waals surface area contributed by atoms with Crippen molar-refractivity contribution in [2.45, 2.75) is 26.8 Å². The molecular weight excluding hydrogens is 222 g/mol. The molecule has 0 saturated carbocycles. The predicted molar refractivity (Wildman–Crippen MR) is 74.4 cm³/mol. The summed E-state index contributed by atoms with van der Waals surface area (Å²) in [6.07, 6.45) is 2.79. The number of rotatable bonds is 6. The number of hydrogen-bond donors (Lipinski definition) is 2. The predicted octanol–water partition coefficient (Wildman–Crippen LogP) is 2.75. The maximum Gasteiger partial charge on any atom is 0.110 e. The number of hydrogen-bond acceptors (Lipinski definition) is 2. The Morgan fingerprint density at radius 2 is 2.00 bits per heavy atom. The SMILES string of the molecule is CC(C)CNCc1cnc(Cc2ccccc2)[nH]1. The van der Waals surface area contributed by atoms with Crippen molar-refractivity contribution in [2.24, 2.45) is 5.92 Å². The molecule has 0 fully saturated rings. The summed E-state index contributed by atoms with van der Waals surface area (Å²) in [4.78, 5) is 7.78. The molecule has 1 aromatic heterocycles. The van der Waals surface area contributed by atoms with Crippen LogP contribution in [0.2, 0.25) is 0 Å². The van der Waals surface area contributed by atoms with Crippen LogP contribution in [0.1, 0.15) is 30.9 Å². The first-order chi connectivity index (χ1) is 8.74. The van der Waals surface area contributed by atoms with Gasteiger partial charge in [-0.3, -0.25) is 0 Å². The molecule has 1 heterocycles. The number of nitrogens with zero attached hydrogens (tertiary/aromatic N) is 1. The van der Waals surface area contributed by atoms with Gasteiger partial charge in [0.1, 0.15) is 5.82 Å². The van der Waals surface area contributed by atoms with Crippen LogP contribution in [0.4, 0.5) is 0 Å². The first-order valence-corrected chi connectivity index (χ1v) is 6.51. The zero-order valence-corrected chi connectivity index (χ0v) is 11.1. The molecule has 0 amide bonds. The summed E-state index contributed by atoms with van der Waals surface area (Å²) in [6.45, 7) is 6.31. The molecule has 0 aliphatic carbocycles. The van der Waals surface area contributed by atoms with E-state index in [0.29, 0.717) is 5.92 Å². The van der Waals surface area contributed by atoms with Crippen molar-refractivity contribution in [3.05, 3.63) is 53.6 Å². The van der Waals surface area contributed by atoms with Crippen LogP contribution >= 0.6 is 0 Å². The number of imidazole rings is 1. The lowest BCUT2D eigenvalue weighted by atomic mass is 10.1. The van der Waals surface area contributed by atoms with Gasteiger partial charge in [-0.15, -0.1) is 0 Å². The fourth-order valence-corrected chi connectivity index (χ4v) is 1.87. The molecule has 3 nitrogen and oxygen atoms in total. The van der Waals surface area contributed by atoms with E-state index >= 15 is 0 Å². The fraction of sp³-hybridized carbons (Fsp3) is 0.400. The minimum atomic E-state index is 0.678. The largest absolute Gasteiger partial charge is 0.345 e. The topological polar surface area (TPSA) is 40.7 Å². The molecule has 0 saturated heterocycles. The second-order valence-electron chi connectivity index (χ2n) is 5.04. The Hall–Kier alpha value is -1.61. The van der Waals surface area contributed by atoms with Crippen LogP contribution in [0.25, 0.3) is 0 Å². The minimum absolute atomic E-state index is 0.678. The first-order valence-electron chi connectivity index (χ1n) is 6.51. The van der Waals surface area contributed by atoms with Crippen molar-refractivity contribution in [2.75, 3.05) is 6.54 Å². The lowest BCUT2D eigenvalue weighted by Gasteiger charge is -2.05. The van der Waals surface area contributed by atoms with E-state index in [4.69, 9.17) is 0 Å². The standard InChI is InChI=1S/C15H21N3/c1-12(2)9-16-10-14-11-17-15(18-14)8-13-6-4-3-5-7-13/h3-7,11-12,16H,8-10H2,1-2H3,(H,17,18). The molecule has 3 heteroatoms. The molecule has 18 heavy (non-hydrogen) atoms. The van der Waals surface area contributed by atoms with Crippen molar-refractivity contribution in [3.8, 4) is 0 Å². The van der Waals surface area contributed by atoms with Gasteiger partial charge in [-0.25, -0.2) is 4.98 Å². The lowest BCUT2D eigenvalue weighted by molar-refractivity contribution is 0.548. The highest BCUT2D eigenvalue weighted by atomic mass is 15.0. The molecule has 2 rings (SSSR count). The van der Waals surface area contributed by atoms with Gasteiger partial charge < -0.3 is 10.3 Å². The summed E-state index contributed by atoms with van der Waals surface area (Å²) in [5, 5.41) is 3.41. The van der Waals surface area contributed by atoms with Crippen molar-refractivity contribution >= 4 is 0 Å². The fourth-order valence-electron chi connectivity index (χ4n) is 1.87. The number of aromatic amines is 1. The smallest absolute Gasteiger partial charge is 0.110 e. The quantitative estimate of drug-likeness (QED) is 0.819. The lowest BCUT2D eigenvalue weighted by Crippen LogP contribution is -2.19. The molecular formula is C15H21N3. The maximum atomic E-state index is 4.41. The summed E-state index contributed by atoms with van der Waals surface area (Å²) in [5.74, 6) is 1.71. The number of benzene rings is 1. The third-order valence-electron chi connectivity index (χ3n) is 2.76. The van der Waals surface area contributed by atoms with Gasteiger partial charge >= 0.3 is 0 Å². The molecule has 1 aromatic carbocycles. The monoisotopic (exact) mass is 243 g/mol. The van der Waals surface area contributed by atoms with E-state index in [2.05, 4.69) is 53.4 Å². The molecule has 0 atom stereocenters. The first kappa shape index (κ1) is 12.8. The summed E-state index contributed by atoms with van der Waals surface area (Å²) in [5.41, 5.74) is 2.44. The highest BCUT2D eigenvalue weighted by Crippen LogP contribution is 2.06.